The number of aliphatic hydroxyl groups excluding tert-OH is 1. The molecule has 5 heteroatoms. The molecule has 0 aromatic rings. The maximum Gasteiger partial charge on any atom is 0.221 e. The van der Waals surface area contributed by atoms with Crippen molar-refractivity contribution in [1.29, 1.82) is 0 Å². The molecule has 5 nitrogen and oxygen atoms in total. The molecule has 1 heterocycles. The fourth-order valence-corrected chi connectivity index (χ4v) is 2.31. The van der Waals surface area contributed by atoms with Crippen LogP contribution in [0.5, 0.6) is 0 Å². The second-order valence-electron chi connectivity index (χ2n) is 6.54. The molecule has 1 aliphatic rings. The molecule has 1 fully saturated rings. The summed E-state index contributed by atoms with van der Waals surface area (Å²) in [4.78, 5) is 16.3. The molecule has 0 aromatic heterocycles. The number of carbonyl (C=O) groups is 1. The van der Waals surface area contributed by atoms with Gasteiger partial charge in [0, 0.05) is 51.2 Å². The Morgan fingerprint density at radius 2 is 1.74 bits per heavy atom. The molecular formula is C14H29N3O2. The van der Waals surface area contributed by atoms with Crippen molar-refractivity contribution >= 4 is 5.91 Å². The normalized spacial score (nSPS) is 20.3. The SMILES string of the molecule is C[C@H](O)CN1CCN(CCC(=O)NC(C)(C)C)CC1. The second-order valence-corrected chi connectivity index (χ2v) is 6.54. The topological polar surface area (TPSA) is 55.8 Å². The maximum absolute atomic E-state index is 11.7. The van der Waals surface area contributed by atoms with Crippen LogP contribution in [0.25, 0.3) is 0 Å². The van der Waals surface area contributed by atoms with Crippen molar-refractivity contribution < 1.29 is 9.90 Å². The lowest BCUT2D eigenvalue weighted by Gasteiger charge is -2.35. The largest absolute Gasteiger partial charge is 0.392 e. The van der Waals surface area contributed by atoms with E-state index in [1.807, 2.05) is 27.7 Å². The van der Waals surface area contributed by atoms with Gasteiger partial charge in [0.1, 0.15) is 0 Å². The van der Waals surface area contributed by atoms with Crippen molar-refractivity contribution in [3.8, 4) is 0 Å². The average molecular weight is 271 g/mol. The number of carbonyl (C=O) groups excluding carboxylic acids is 1. The Morgan fingerprint density at radius 1 is 1.21 bits per heavy atom. The number of aliphatic hydroxyl groups is 1. The van der Waals surface area contributed by atoms with Crippen molar-refractivity contribution in [3.63, 3.8) is 0 Å². The first-order valence-corrected chi connectivity index (χ1v) is 7.20. The molecule has 0 spiro atoms. The van der Waals surface area contributed by atoms with Gasteiger partial charge in [0.15, 0.2) is 0 Å². The minimum absolute atomic E-state index is 0.124. The van der Waals surface area contributed by atoms with Crippen LogP contribution in [-0.2, 0) is 4.79 Å². The number of nitrogens with one attached hydrogen (secondary N) is 1. The van der Waals surface area contributed by atoms with Gasteiger partial charge >= 0.3 is 0 Å². The molecule has 0 saturated carbocycles. The average Bonchev–Trinajstić information content (AvgIpc) is 2.25. The second kappa shape index (κ2) is 7.22. The van der Waals surface area contributed by atoms with Gasteiger partial charge in [-0.2, -0.15) is 0 Å². The van der Waals surface area contributed by atoms with Crippen LogP contribution in [0.1, 0.15) is 34.1 Å². The zero-order chi connectivity index (χ0) is 14.5. The van der Waals surface area contributed by atoms with Crippen LogP contribution < -0.4 is 5.32 Å². The lowest BCUT2D eigenvalue weighted by atomic mass is 10.1. The van der Waals surface area contributed by atoms with Crippen molar-refractivity contribution in [3.05, 3.63) is 0 Å². The number of β-amino-alcohol motifs (C(OH)–C–C–N with tert-alkyl or cyclic N) is 1. The van der Waals surface area contributed by atoms with E-state index in [-0.39, 0.29) is 17.6 Å². The van der Waals surface area contributed by atoms with Crippen LogP contribution >= 0.6 is 0 Å². The summed E-state index contributed by atoms with van der Waals surface area (Å²) in [5, 5.41) is 12.3. The van der Waals surface area contributed by atoms with Gasteiger partial charge in [-0.25, -0.2) is 0 Å². The van der Waals surface area contributed by atoms with E-state index < -0.39 is 0 Å². The predicted octanol–water partition coefficient (Wildman–Crippen LogP) is 0.290. The third-order valence-corrected chi connectivity index (χ3v) is 3.16. The molecule has 0 unspecified atom stereocenters. The highest BCUT2D eigenvalue weighted by atomic mass is 16.3. The molecule has 0 radical (unpaired) electrons. The number of hydrogen-bond donors (Lipinski definition) is 2. The van der Waals surface area contributed by atoms with Gasteiger partial charge < -0.3 is 15.3 Å². The van der Waals surface area contributed by atoms with E-state index >= 15 is 0 Å². The predicted molar refractivity (Wildman–Crippen MR) is 77.1 cm³/mol. The standard InChI is InChI=1S/C14H29N3O2/c1-12(18)11-17-9-7-16(8-10-17)6-5-13(19)15-14(2,3)4/h12,18H,5-11H2,1-4H3,(H,15,19)/t12-/m0/s1. The minimum Gasteiger partial charge on any atom is -0.392 e. The quantitative estimate of drug-likeness (QED) is 0.755. The van der Waals surface area contributed by atoms with Crippen LogP contribution in [-0.4, -0.2) is 71.7 Å². The zero-order valence-electron chi connectivity index (χ0n) is 12.8. The number of amides is 1. The third kappa shape index (κ3) is 7.50. The summed E-state index contributed by atoms with van der Waals surface area (Å²) >= 11 is 0. The Bertz CT molecular complexity index is 279. The Labute approximate surface area is 117 Å². The number of hydrogen-bond acceptors (Lipinski definition) is 4. The van der Waals surface area contributed by atoms with Gasteiger partial charge in [-0.05, 0) is 27.7 Å². The highest BCUT2D eigenvalue weighted by Crippen LogP contribution is 2.04. The molecule has 2 N–H and O–H groups in total. The molecule has 0 bridgehead atoms. The Kier molecular flexibility index (Phi) is 6.23. The van der Waals surface area contributed by atoms with E-state index in [2.05, 4.69) is 15.1 Å². The van der Waals surface area contributed by atoms with E-state index in [1.165, 1.54) is 0 Å². The summed E-state index contributed by atoms with van der Waals surface area (Å²) in [6.45, 7) is 13.3. The first-order chi connectivity index (χ1) is 8.76. The summed E-state index contributed by atoms with van der Waals surface area (Å²) in [5.74, 6) is 0.124. The van der Waals surface area contributed by atoms with Crippen molar-refractivity contribution in [2.45, 2.75) is 45.8 Å². The van der Waals surface area contributed by atoms with Crippen LogP contribution in [0, 0.1) is 0 Å². The number of rotatable bonds is 5. The van der Waals surface area contributed by atoms with Gasteiger partial charge in [-0.3, -0.25) is 9.69 Å². The number of piperazine rings is 1. The Balaban J connectivity index is 2.17. The van der Waals surface area contributed by atoms with Gasteiger partial charge in [0.2, 0.25) is 5.91 Å². The fourth-order valence-electron chi connectivity index (χ4n) is 2.31. The van der Waals surface area contributed by atoms with Crippen molar-refractivity contribution in [2.24, 2.45) is 0 Å². The molecule has 1 atom stereocenters. The lowest BCUT2D eigenvalue weighted by Crippen LogP contribution is -2.49. The number of nitrogens with zero attached hydrogens (tertiary/aromatic N) is 2. The highest BCUT2D eigenvalue weighted by Gasteiger charge is 2.19. The summed E-state index contributed by atoms with van der Waals surface area (Å²) in [7, 11) is 0. The van der Waals surface area contributed by atoms with E-state index in [4.69, 9.17) is 0 Å². The van der Waals surface area contributed by atoms with Crippen molar-refractivity contribution in [2.75, 3.05) is 39.3 Å². The van der Waals surface area contributed by atoms with Crippen LogP contribution in [0.3, 0.4) is 0 Å². The van der Waals surface area contributed by atoms with Gasteiger partial charge in [0.25, 0.3) is 0 Å². The summed E-state index contributed by atoms with van der Waals surface area (Å²) in [6, 6.07) is 0. The van der Waals surface area contributed by atoms with Gasteiger partial charge in [-0.1, -0.05) is 0 Å². The first-order valence-electron chi connectivity index (χ1n) is 7.20. The monoisotopic (exact) mass is 271 g/mol. The van der Waals surface area contributed by atoms with Crippen LogP contribution in [0.2, 0.25) is 0 Å². The van der Waals surface area contributed by atoms with Crippen molar-refractivity contribution in [1.82, 2.24) is 15.1 Å². The maximum atomic E-state index is 11.7. The molecule has 1 saturated heterocycles. The molecule has 0 aliphatic carbocycles. The summed E-state index contributed by atoms with van der Waals surface area (Å²) in [5.41, 5.74) is -0.146. The summed E-state index contributed by atoms with van der Waals surface area (Å²) < 4.78 is 0. The fraction of sp³-hybridized carbons (Fsp3) is 0.929. The Morgan fingerprint density at radius 3 is 2.21 bits per heavy atom. The van der Waals surface area contributed by atoms with E-state index in [0.29, 0.717) is 6.42 Å². The smallest absolute Gasteiger partial charge is 0.221 e. The first kappa shape index (κ1) is 16.4. The van der Waals surface area contributed by atoms with Crippen LogP contribution in [0.15, 0.2) is 0 Å². The van der Waals surface area contributed by atoms with E-state index in [9.17, 15) is 9.90 Å². The highest BCUT2D eigenvalue weighted by molar-refractivity contribution is 5.76. The third-order valence-electron chi connectivity index (χ3n) is 3.16. The Hall–Kier alpha value is -0.650. The van der Waals surface area contributed by atoms with E-state index in [1.54, 1.807) is 0 Å². The zero-order valence-corrected chi connectivity index (χ0v) is 12.8. The van der Waals surface area contributed by atoms with Crippen LogP contribution in [0.4, 0.5) is 0 Å². The summed E-state index contributed by atoms with van der Waals surface area (Å²) in [6.07, 6.45) is 0.303. The van der Waals surface area contributed by atoms with Gasteiger partial charge in [-0.15, -0.1) is 0 Å². The molecule has 0 aromatic carbocycles. The molecule has 1 amide bonds. The van der Waals surface area contributed by atoms with Gasteiger partial charge in [0.05, 0.1) is 6.10 Å². The minimum atomic E-state index is -0.260. The molecular weight excluding hydrogens is 242 g/mol. The molecule has 19 heavy (non-hydrogen) atoms. The van der Waals surface area contributed by atoms with E-state index in [0.717, 1.165) is 39.3 Å². The lowest BCUT2D eigenvalue weighted by molar-refractivity contribution is -0.122. The molecule has 1 rings (SSSR count). The molecule has 1 aliphatic heterocycles. The molecule has 112 valence electrons.